The van der Waals surface area contributed by atoms with Crippen molar-refractivity contribution in [3.63, 3.8) is 0 Å². The van der Waals surface area contributed by atoms with E-state index in [0.29, 0.717) is 60.3 Å². The molecule has 0 aromatic heterocycles. The van der Waals surface area contributed by atoms with Crippen LogP contribution in [-0.2, 0) is 20.4 Å². The fraction of sp³-hybridized carbons (Fsp3) is 0.216. The van der Waals surface area contributed by atoms with E-state index >= 15 is 0 Å². The largest absolute Gasteiger partial charge is 0.396 e. The summed E-state index contributed by atoms with van der Waals surface area (Å²) in [6, 6.07) is 41.3. The van der Waals surface area contributed by atoms with Gasteiger partial charge >= 0.3 is 0 Å². The number of halogens is 4. The Hall–Kier alpha value is -6.32. The van der Waals surface area contributed by atoms with Crippen LogP contribution in [0.4, 0.5) is 28.9 Å². The van der Waals surface area contributed by atoms with Gasteiger partial charge in [-0.2, -0.15) is 0 Å². The Labute approximate surface area is 348 Å². The number of rotatable bonds is 10. The molecule has 60 heavy (non-hydrogen) atoms. The standard InChI is InChI=1S/C26H23F2NO.C25H23F2NO2/c1-2-13-26(20-8-4-3-5-9-20)14-15-29(25(30)18-26)22-10-6-7-19(16-22)23-12-11-21(27)17-24(23)28;26-20-9-10-22(23(27)16-20)18-5-4-8-21(15-18)28-13-11-25(12-14-29,17-24(28)30)19-6-2-1-3-7-19/h2-12,16-17H,1,13-15,18H2;1-10,15-16,29H,11-14,17H2. The molecule has 306 valence electrons. The van der Waals surface area contributed by atoms with Gasteiger partial charge in [0.1, 0.15) is 23.3 Å². The van der Waals surface area contributed by atoms with E-state index < -0.39 is 23.3 Å². The van der Waals surface area contributed by atoms with Crippen molar-refractivity contribution in [2.45, 2.75) is 49.4 Å². The molecule has 2 saturated heterocycles. The molecule has 6 aromatic rings. The zero-order valence-corrected chi connectivity index (χ0v) is 33.2. The predicted octanol–water partition coefficient (Wildman–Crippen LogP) is 11.4. The molecule has 2 aliphatic rings. The number of anilines is 2. The third-order valence-electron chi connectivity index (χ3n) is 11.9. The molecule has 0 radical (unpaired) electrons. The van der Waals surface area contributed by atoms with Crippen molar-refractivity contribution in [2.24, 2.45) is 0 Å². The van der Waals surface area contributed by atoms with Gasteiger partial charge < -0.3 is 14.9 Å². The molecule has 0 bridgehead atoms. The SMILES string of the molecule is C=CCC1(c2ccccc2)CCN(c2cccc(-c3ccc(F)cc3F)c2)C(=O)C1.O=C1CC(CCO)(c2ccccc2)CCN1c1cccc(-c2ccc(F)cc2F)c1. The first-order valence-corrected chi connectivity index (χ1v) is 20.1. The number of allylic oxidation sites excluding steroid dienone is 1. The Morgan fingerprint density at radius 3 is 1.45 bits per heavy atom. The molecular formula is C51H46F4N2O3. The van der Waals surface area contributed by atoms with E-state index in [4.69, 9.17) is 0 Å². The van der Waals surface area contributed by atoms with E-state index in [0.717, 1.165) is 48.2 Å². The molecule has 1 N–H and O–H groups in total. The highest BCUT2D eigenvalue weighted by molar-refractivity contribution is 5.97. The fourth-order valence-corrected chi connectivity index (χ4v) is 8.74. The van der Waals surface area contributed by atoms with Crippen LogP contribution in [0.5, 0.6) is 0 Å². The van der Waals surface area contributed by atoms with Crippen LogP contribution in [0.2, 0.25) is 0 Å². The topological polar surface area (TPSA) is 60.9 Å². The molecule has 2 heterocycles. The lowest BCUT2D eigenvalue weighted by atomic mass is 9.70. The van der Waals surface area contributed by atoms with E-state index in [1.54, 1.807) is 46.2 Å². The van der Waals surface area contributed by atoms with Crippen LogP contribution in [-0.4, -0.2) is 36.6 Å². The number of carbonyl (C=O) groups is 2. The van der Waals surface area contributed by atoms with Crippen LogP contribution in [0.25, 0.3) is 22.3 Å². The van der Waals surface area contributed by atoms with Crippen LogP contribution in [0.1, 0.15) is 49.7 Å². The molecule has 2 amide bonds. The van der Waals surface area contributed by atoms with Gasteiger partial charge in [-0.15, -0.1) is 6.58 Å². The Morgan fingerprint density at radius 1 is 0.567 bits per heavy atom. The maximum absolute atomic E-state index is 14.2. The van der Waals surface area contributed by atoms with Crippen LogP contribution in [0.15, 0.2) is 158 Å². The summed E-state index contributed by atoms with van der Waals surface area (Å²) >= 11 is 0. The number of hydrogen-bond donors (Lipinski definition) is 1. The minimum Gasteiger partial charge on any atom is -0.396 e. The molecule has 0 saturated carbocycles. The summed E-state index contributed by atoms with van der Waals surface area (Å²) in [5.41, 5.74) is 4.80. The van der Waals surface area contributed by atoms with Gasteiger partial charge in [-0.25, -0.2) is 17.6 Å². The normalized spacial score (nSPS) is 19.1. The lowest BCUT2D eigenvalue weighted by molar-refractivity contribution is -0.122. The molecule has 2 fully saturated rings. The van der Waals surface area contributed by atoms with Crippen molar-refractivity contribution in [1.82, 2.24) is 0 Å². The molecule has 0 aliphatic carbocycles. The van der Waals surface area contributed by atoms with Gasteiger partial charge in [0.05, 0.1) is 0 Å². The number of hydrogen-bond acceptors (Lipinski definition) is 3. The fourth-order valence-electron chi connectivity index (χ4n) is 8.74. The highest BCUT2D eigenvalue weighted by Crippen LogP contribution is 2.42. The van der Waals surface area contributed by atoms with E-state index in [2.05, 4.69) is 18.7 Å². The number of carbonyl (C=O) groups excluding carboxylic acids is 2. The summed E-state index contributed by atoms with van der Waals surface area (Å²) in [5.74, 6) is -2.49. The van der Waals surface area contributed by atoms with Gasteiger partial charge in [0.2, 0.25) is 11.8 Å². The third-order valence-corrected chi connectivity index (χ3v) is 11.9. The zero-order chi connectivity index (χ0) is 42.3. The summed E-state index contributed by atoms with van der Waals surface area (Å²) in [7, 11) is 0. The maximum Gasteiger partial charge on any atom is 0.227 e. The monoisotopic (exact) mass is 810 g/mol. The summed E-state index contributed by atoms with van der Waals surface area (Å²) in [5, 5.41) is 9.64. The summed E-state index contributed by atoms with van der Waals surface area (Å²) < 4.78 is 55.0. The van der Waals surface area contributed by atoms with E-state index in [1.165, 1.54) is 24.3 Å². The first-order chi connectivity index (χ1) is 29.0. The maximum atomic E-state index is 14.2. The molecule has 8 rings (SSSR count). The van der Waals surface area contributed by atoms with Crippen molar-refractivity contribution in [1.29, 1.82) is 0 Å². The smallest absolute Gasteiger partial charge is 0.227 e. The minimum absolute atomic E-state index is 0.0154. The van der Waals surface area contributed by atoms with Crippen molar-refractivity contribution in [3.05, 3.63) is 193 Å². The van der Waals surface area contributed by atoms with Crippen molar-refractivity contribution in [3.8, 4) is 22.3 Å². The molecule has 9 heteroatoms. The zero-order valence-electron chi connectivity index (χ0n) is 33.2. The lowest BCUT2D eigenvalue weighted by Gasteiger charge is -2.41. The average molecular weight is 811 g/mol. The first kappa shape index (κ1) is 41.8. The molecule has 2 atom stereocenters. The minimum atomic E-state index is -0.636. The van der Waals surface area contributed by atoms with E-state index in [1.807, 2.05) is 66.7 Å². The van der Waals surface area contributed by atoms with Crippen LogP contribution >= 0.6 is 0 Å². The second kappa shape index (κ2) is 18.3. The van der Waals surface area contributed by atoms with Crippen LogP contribution < -0.4 is 9.80 Å². The summed E-state index contributed by atoms with van der Waals surface area (Å²) in [4.78, 5) is 29.8. The number of piperidine rings is 2. The van der Waals surface area contributed by atoms with Gasteiger partial charge in [0.25, 0.3) is 0 Å². The average Bonchev–Trinajstić information content (AvgIpc) is 3.25. The van der Waals surface area contributed by atoms with Gasteiger partial charge in [0.15, 0.2) is 0 Å². The predicted molar refractivity (Wildman–Crippen MR) is 230 cm³/mol. The Balaban J connectivity index is 0.000000181. The van der Waals surface area contributed by atoms with Crippen LogP contribution in [0.3, 0.4) is 0 Å². The molecular weight excluding hydrogens is 765 g/mol. The second-order valence-electron chi connectivity index (χ2n) is 15.6. The number of aliphatic hydroxyl groups excluding tert-OH is 1. The highest BCUT2D eigenvalue weighted by atomic mass is 19.1. The Morgan fingerprint density at radius 2 is 1.02 bits per heavy atom. The summed E-state index contributed by atoms with van der Waals surface area (Å²) in [6.07, 6.45) is 5.36. The number of benzene rings is 6. The quantitative estimate of drug-likeness (QED) is 0.111. The van der Waals surface area contributed by atoms with Gasteiger partial charge in [-0.3, -0.25) is 9.59 Å². The number of aliphatic hydroxyl groups is 1. The van der Waals surface area contributed by atoms with Gasteiger partial charge in [-0.1, -0.05) is 91.0 Å². The van der Waals surface area contributed by atoms with E-state index in [-0.39, 0.29) is 29.3 Å². The lowest BCUT2D eigenvalue weighted by Crippen LogP contribution is -2.47. The summed E-state index contributed by atoms with van der Waals surface area (Å²) in [6.45, 7) is 4.98. The van der Waals surface area contributed by atoms with Crippen molar-refractivity contribution in [2.75, 3.05) is 29.5 Å². The van der Waals surface area contributed by atoms with Crippen molar-refractivity contribution >= 4 is 23.2 Å². The third kappa shape index (κ3) is 8.97. The Bertz CT molecular complexity index is 2480. The molecule has 2 unspecified atom stereocenters. The molecule has 6 aromatic carbocycles. The van der Waals surface area contributed by atoms with Crippen molar-refractivity contribution < 1.29 is 32.3 Å². The Kier molecular flexibility index (Phi) is 12.8. The molecule has 2 aliphatic heterocycles. The molecule has 5 nitrogen and oxygen atoms in total. The number of amides is 2. The van der Waals surface area contributed by atoms with Crippen LogP contribution in [0, 0.1) is 23.3 Å². The van der Waals surface area contributed by atoms with Gasteiger partial charge in [0, 0.05) is 78.0 Å². The second-order valence-corrected chi connectivity index (χ2v) is 15.6. The first-order valence-electron chi connectivity index (χ1n) is 20.1. The van der Waals surface area contributed by atoms with Gasteiger partial charge in [-0.05, 0) is 96.5 Å². The highest BCUT2D eigenvalue weighted by Gasteiger charge is 2.41. The number of nitrogens with zero attached hydrogens (tertiary/aromatic N) is 2. The molecule has 0 spiro atoms. The van der Waals surface area contributed by atoms with E-state index in [9.17, 15) is 32.3 Å².